The van der Waals surface area contributed by atoms with Crippen LogP contribution in [0.15, 0.2) is 76.3 Å². The minimum absolute atomic E-state index is 0.390. The Hall–Kier alpha value is -2.26. The summed E-state index contributed by atoms with van der Waals surface area (Å²) in [6, 6.07) is 21.5. The van der Waals surface area contributed by atoms with Crippen molar-refractivity contribution in [2.45, 2.75) is 38.0 Å². The van der Waals surface area contributed by atoms with Gasteiger partial charge < -0.3 is 0 Å². The molecule has 2 nitrogen and oxygen atoms in total. The second-order valence-corrected chi connectivity index (χ2v) is 8.22. The monoisotopic (exact) mass is 418 g/mol. The van der Waals surface area contributed by atoms with Crippen LogP contribution >= 0.6 is 15.9 Å². The third-order valence-electron chi connectivity index (χ3n) is 5.32. The Labute approximate surface area is 169 Å². The third-order valence-corrected chi connectivity index (χ3v) is 5.81. The molecule has 1 aliphatic heterocycles. The van der Waals surface area contributed by atoms with E-state index in [0.29, 0.717) is 11.8 Å². The van der Waals surface area contributed by atoms with Crippen molar-refractivity contribution in [1.29, 1.82) is 0 Å². The molecule has 27 heavy (non-hydrogen) atoms. The van der Waals surface area contributed by atoms with Gasteiger partial charge in [0.25, 0.3) is 0 Å². The van der Waals surface area contributed by atoms with Gasteiger partial charge in [-0.25, -0.2) is 0 Å². The van der Waals surface area contributed by atoms with Crippen molar-refractivity contribution in [1.82, 2.24) is 4.98 Å². The first-order valence-corrected chi connectivity index (χ1v) is 10.3. The predicted molar refractivity (Wildman–Crippen MR) is 116 cm³/mol. The number of fused-ring (bicyclic) bond motifs is 1. The number of benzene rings is 2. The standard InChI is InChI=1S/C24H23BrN2/c1-17-5-7-18(8-6-17)14-19(23-4-2-3-13-26-23)9-10-20-16-27-24-12-11-21(25)15-22(20)24/h2-8,11-13,15-16,19-20H,9-10,14H2,1H3/t19-,20?/m1/s1. The second-order valence-electron chi connectivity index (χ2n) is 7.31. The normalized spacial score (nSPS) is 16.3. The minimum atomic E-state index is 0.390. The van der Waals surface area contributed by atoms with Crippen LogP contribution in [0.25, 0.3) is 0 Å². The molecule has 1 unspecified atom stereocenters. The van der Waals surface area contributed by atoms with Crippen LogP contribution in [0.4, 0.5) is 5.69 Å². The summed E-state index contributed by atoms with van der Waals surface area (Å²) in [6.45, 7) is 2.13. The highest BCUT2D eigenvalue weighted by Crippen LogP contribution is 2.38. The lowest BCUT2D eigenvalue weighted by atomic mass is 9.86. The number of hydrogen-bond acceptors (Lipinski definition) is 2. The summed E-state index contributed by atoms with van der Waals surface area (Å²) in [7, 11) is 0. The van der Waals surface area contributed by atoms with Gasteiger partial charge in [0.2, 0.25) is 0 Å². The van der Waals surface area contributed by atoms with Crippen LogP contribution in [0.3, 0.4) is 0 Å². The Morgan fingerprint density at radius 2 is 1.89 bits per heavy atom. The molecule has 2 aromatic carbocycles. The van der Waals surface area contributed by atoms with Gasteiger partial charge in [-0.2, -0.15) is 0 Å². The first-order valence-electron chi connectivity index (χ1n) is 9.49. The van der Waals surface area contributed by atoms with E-state index >= 15 is 0 Å². The molecule has 3 aromatic rings. The van der Waals surface area contributed by atoms with Crippen LogP contribution in [-0.2, 0) is 6.42 Å². The smallest absolute Gasteiger partial charge is 0.0665 e. The number of aromatic nitrogens is 1. The van der Waals surface area contributed by atoms with Crippen LogP contribution in [0, 0.1) is 6.92 Å². The summed E-state index contributed by atoms with van der Waals surface area (Å²) in [5.74, 6) is 0.806. The van der Waals surface area contributed by atoms with Gasteiger partial charge in [-0.1, -0.05) is 51.8 Å². The Morgan fingerprint density at radius 1 is 1.04 bits per heavy atom. The molecule has 0 spiro atoms. The van der Waals surface area contributed by atoms with Gasteiger partial charge in [0.05, 0.1) is 5.69 Å². The molecule has 2 atom stereocenters. The molecule has 1 aromatic heterocycles. The summed E-state index contributed by atoms with van der Waals surface area (Å²) in [4.78, 5) is 9.26. The zero-order chi connectivity index (χ0) is 18.6. The fourth-order valence-corrected chi connectivity index (χ4v) is 4.16. The maximum absolute atomic E-state index is 4.66. The number of halogens is 1. The SMILES string of the molecule is Cc1ccc(C[C@@H](CCC2C=Nc3ccc(Br)cc32)c2ccccn2)cc1. The topological polar surface area (TPSA) is 25.2 Å². The first-order chi connectivity index (χ1) is 13.2. The van der Waals surface area contributed by atoms with Gasteiger partial charge in [0.1, 0.15) is 0 Å². The number of nitrogens with zero attached hydrogens (tertiary/aromatic N) is 2. The first kappa shape index (κ1) is 18.1. The Kier molecular flexibility index (Phi) is 5.49. The third kappa shape index (κ3) is 4.36. The van der Waals surface area contributed by atoms with Crippen LogP contribution < -0.4 is 0 Å². The lowest BCUT2D eigenvalue weighted by Crippen LogP contribution is -2.08. The van der Waals surface area contributed by atoms with Crippen molar-refractivity contribution >= 4 is 27.8 Å². The van der Waals surface area contributed by atoms with E-state index in [2.05, 4.69) is 93.6 Å². The maximum atomic E-state index is 4.66. The number of hydrogen-bond donors (Lipinski definition) is 0. The highest BCUT2D eigenvalue weighted by Gasteiger charge is 2.22. The van der Waals surface area contributed by atoms with Gasteiger partial charge >= 0.3 is 0 Å². The quantitative estimate of drug-likeness (QED) is 0.433. The molecule has 4 rings (SSSR count). The van der Waals surface area contributed by atoms with Crippen molar-refractivity contribution in [2.75, 3.05) is 0 Å². The molecule has 0 bridgehead atoms. The summed E-state index contributed by atoms with van der Waals surface area (Å²) < 4.78 is 1.12. The molecule has 0 saturated carbocycles. The molecule has 3 heteroatoms. The van der Waals surface area contributed by atoms with Crippen LogP contribution in [0.1, 0.15) is 47.1 Å². The van der Waals surface area contributed by atoms with Gasteiger partial charge in [-0.3, -0.25) is 9.98 Å². The number of aryl methyl sites for hydroxylation is 1. The molecule has 0 fully saturated rings. The van der Waals surface area contributed by atoms with Crippen molar-refractivity contribution in [3.63, 3.8) is 0 Å². The predicted octanol–water partition coefficient (Wildman–Crippen LogP) is 6.76. The summed E-state index contributed by atoms with van der Waals surface area (Å²) in [5.41, 5.74) is 6.30. The van der Waals surface area contributed by atoms with Gasteiger partial charge in [-0.05, 0) is 67.6 Å². The minimum Gasteiger partial charge on any atom is -0.261 e. The average molecular weight is 419 g/mol. The van der Waals surface area contributed by atoms with E-state index in [1.807, 2.05) is 12.3 Å². The van der Waals surface area contributed by atoms with E-state index in [4.69, 9.17) is 0 Å². The van der Waals surface area contributed by atoms with E-state index in [9.17, 15) is 0 Å². The molecule has 0 N–H and O–H groups in total. The average Bonchev–Trinajstić information content (AvgIpc) is 3.09. The summed E-state index contributed by atoms with van der Waals surface area (Å²) >= 11 is 3.59. The van der Waals surface area contributed by atoms with E-state index in [1.54, 1.807) is 0 Å². The molecule has 0 amide bonds. The second kappa shape index (κ2) is 8.18. The molecule has 136 valence electrons. The summed E-state index contributed by atoms with van der Waals surface area (Å²) in [5, 5.41) is 0. The number of pyridine rings is 1. The van der Waals surface area contributed by atoms with Gasteiger partial charge in [0, 0.05) is 34.4 Å². The van der Waals surface area contributed by atoms with Crippen molar-refractivity contribution in [3.8, 4) is 0 Å². The highest BCUT2D eigenvalue weighted by atomic mass is 79.9. The molecule has 0 radical (unpaired) electrons. The number of aliphatic imine (C=N–C) groups is 1. The maximum Gasteiger partial charge on any atom is 0.0665 e. The molecule has 1 aliphatic rings. The van der Waals surface area contributed by atoms with E-state index in [-0.39, 0.29) is 0 Å². The Bertz CT molecular complexity index is 932. The van der Waals surface area contributed by atoms with Gasteiger partial charge in [-0.15, -0.1) is 0 Å². The lowest BCUT2D eigenvalue weighted by Gasteiger charge is -2.19. The summed E-state index contributed by atoms with van der Waals surface area (Å²) in [6.07, 6.45) is 7.21. The van der Waals surface area contributed by atoms with E-state index < -0.39 is 0 Å². The van der Waals surface area contributed by atoms with Crippen molar-refractivity contribution in [3.05, 3.63) is 93.7 Å². The van der Waals surface area contributed by atoms with E-state index in [1.165, 1.54) is 22.4 Å². The van der Waals surface area contributed by atoms with Crippen LogP contribution in [0.2, 0.25) is 0 Å². The molecular weight excluding hydrogens is 396 g/mol. The molecule has 2 heterocycles. The van der Waals surface area contributed by atoms with Crippen LogP contribution in [0.5, 0.6) is 0 Å². The van der Waals surface area contributed by atoms with Crippen molar-refractivity contribution in [2.24, 2.45) is 4.99 Å². The van der Waals surface area contributed by atoms with E-state index in [0.717, 1.165) is 29.4 Å². The Balaban J connectivity index is 1.51. The zero-order valence-electron chi connectivity index (χ0n) is 15.5. The molecular formula is C24H23BrN2. The largest absolute Gasteiger partial charge is 0.261 e. The zero-order valence-corrected chi connectivity index (χ0v) is 17.1. The van der Waals surface area contributed by atoms with Crippen molar-refractivity contribution < 1.29 is 0 Å². The van der Waals surface area contributed by atoms with Gasteiger partial charge in [0.15, 0.2) is 0 Å². The fourth-order valence-electron chi connectivity index (χ4n) is 3.78. The number of rotatable bonds is 6. The fraction of sp³-hybridized carbons (Fsp3) is 0.250. The highest BCUT2D eigenvalue weighted by molar-refractivity contribution is 9.10. The van der Waals surface area contributed by atoms with Crippen LogP contribution in [-0.4, -0.2) is 11.2 Å². The molecule has 0 saturated heterocycles. The lowest BCUT2D eigenvalue weighted by molar-refractivity contribution is 0.566. The Morgan fingerprint density at radius 3 is 2.67 bits per heavy atom. The molecule has 0 aliphatic carbocycles.